The molecule has 0 N–H and O–H groups in total. The van der Waals surface area contributed by atoms with Gasteiger partial charge in [0.25, 0.3) is 0 Å². The molecule has 23 heavy (non-hydrogen) atoms. The molecule has 2 aromatic rings. The molecule has 4 heteroatoms. The molecule has 0 amide bonds. The summed E-state index contributed by atoms with van der Waals surface area (Å²) in [6.07, 6.45) is 9.69. The number of nitrogens with zero attached hydrogens (tertiary/aromatic N) is 3. The number of benzene rings is 1. The third-order valence-corrected chi connectivity index (χ3v) is 5.19. The van der Waals surface area contributed by atoms with Gasteiger partial charge in [0.15, 0.2) is 0 Å². The van der Waals surface area contributed by atoms with Crippen molar-refractivity contribution in [3.8, 4) is 11.1 Å². The summed E-state index contributed by atoms with van der Waals surface area (Å²) in [5, 5.41) is 4.58. The van der Waals surface area contributed by atoms with Crippen LogP contribution in [0.1, 0.15) is 31.2 Å². The lowest BCUT2D eigenvalue weighted by molar-refractivity contribution is -0.0991. The van der Waals surface area contributed by atoms with Crippen molar-refractivity contribution in [1.82, 2.24) is 14.7 Å². The van der Waals surface area contributed by atoms with Crippen LogP contribution < -0.4 is 0 Å². The Morgan fingerprint density at radius 2 is 1.96 bits per heavy atom. The van der Waals surface area contributed by atoms with Gasteiger partial charge in [0.2, 0.25) is 0 Å². The van der Waals surface area contributed by atoms with Gasteiger partial charge in [-0.2, -0.15) is 5.10 Å². The van der Waals surface area contributed by atoms with Crippen LogP contribution in [0.2, 0.25) is 0 Å². The Bertz CT molecular complexity index is 647. The Kier molecular flexibility index (Phi) is 4.19. The molecule has 1 saturated carbocycles. The summed E-state index contributed by atoms with van der Waals surface area (Å²) in [6, 6.07) is 9.22. The predicted octanol–water partition coefficient (Wildman–Crippen LogP) is 3.46. The second-order valence-corrected chi connectivity index (χ2v) is 6.85. The van der Waals surface area contributed by atoms with Crippen LogP contribution in [0.5, 0.6) is 0 Å². The van der Waals surface area contributed by atoms with E-state index in [9.17, 15) is 0 Å². The highest BCUT2D eigenvalue weighted by Gasteiger charge is 2.34. The maximum Gasteiger partial charge on any atom is 0.0933 e. The highest BCUT2D eigenvalue weighted by Crippen LogP contribution is 2.29. The third-order valence-electron chi connectivity index (χ3n) is 5.19. The number of hydrogen-bond donors (Lipinski definition) is 0. The number of hydrogen-bond acceptors (Lipinski definition) is 3. The topological polar surface area (TPSA) is 30.3 Å². The summed E-state index contributed by atoms with van der Waals surface area (Å²) in [7, 11) is 0. The summed E-state index contributed by atoms with van der Waals surface area (Å²) in [4.78, 5) is 2.55. The van der Waals surface area contributed by atoms with E-state index in [1.165, 1.54) is 42.4 Å². The van der Waals surface area contributed by atoms with Crippen LogP contribution in [-0.2, 0) is 11.4 Å². The molecule has 2 unspecified atom stereocenters. The first-order chi connectivity index (χ1) is 11.3. The predicted molar refractivity (Wildman–Crippen MR) is 91.1 cm³/mol. The molecule has 1 saturated heterocycles. The molecule has 4 rings (SSSR count). The molecular formula is C19H25N3O. The first kappa shape index (κ1) is 14.9. The van der Waals surface area contributed by atoms with E-state index in [0.29, 0.717) is 12.1 Å². The Morgan fingerprint density at radius 3 is 2.83 bits per heavy atom. The van der Waals surface area contributed by atoms with Crippen LogP contribution in [-0.4, -0.2) is 40.0 Å². The zero-order chi connectivity index (χ0) is 15.6. The molecule has 2 fully saturated rings. The van der Waals surface area contributed by atoms with Crippen LogP contribution in [0, 0.1) is 6.92 Å². The molecule has 1 aliphatic heterocycles. The average molecular weight is 311 g/mol. The lowest BCUT2D eigenvalue weighted by Gasteiger charge is -2.43. The van der Waals surface area contributed by atoms with Gasteiger partial charge in [0, 0.05) is 24.3 Å². The molecule has 2 heterocycles. The Labute approximate surface area is 138 Å². The summed E-state index contributed by atoms with van der Waals surface area (Å²) >= 11 is 0. The second kappa shape index (κ2) is 6.46. The number of rotatable bonds is 3. The minimum Gasteiger partial charge on any atom is -0.375 e. The van der Waals surface area contributed by atoms with Gasteiger partial charge in [0.05, 0.1) is 25.6 Å². The standard InChI is InChI=1S/C19H25N3O/c1-15-6-8-16(9-7-15)17-12-20-22(13-17)14-21-10-11-23-19-5-3-2-4-18(19)21/h6-9,12-13,18-19H,2-5,10-11,14H2,1H3. The number of aryl methyl sites for hydroxylation is 1. The SMILES string of the molecule is Cc1ccc(-c2cnn(CN3CCOC4CCCCC43)c2)cc1. The molecule has 2 aliphatic rings. The van der Waals surface area contributed by atoms with Crippen LogP contribution in [0.4, 0.5) is 0 Å². The highest BCUT2D eigenvalue weighted by molar-refractivity contribution is 5.61. The Hall–Kier alpha value is -1.65. The first-order valence-electron chi connectivity index (χ1n) is 8.75. The van der Waals surface area contributed by atoms with Crippen molar-refractivity contribution in [2.24, 2.45) is 0 Å². The highest BCUT2D eigenvalue weighted by atomic mass is 16.5. The van der Waals surface area contributed by atoms with Gasteiger partial charge in [-0.05, 0) is 25.3 Å². The van der Waals surface area contributed by atoms with Crippen molar-refractivity contribution in [2.75, 3.05) is 13.2 Å². The minimum absolute atomic E-state index is 0.435. The number of fused-ring (bicyclic) bond motifs is 1. The summed E-state index contributed by atoms with van der Waals surface area (Å²) in [5.41, 5.74) is 3.72. The maximum atomic E-state index is 5.96. The lowest BCUT2D eigenvalue weighted by atomic mass is 9.90. The van der Waals surface area contributed by atoms with Crippen molar-refractivity contribution < 1.29 is 4.74 Å². The number of ether oxygens (including phenoxy) is 1. The van der Waals surface area contributed by atoms with Crippen molar-refractivity contribution >= 4 is 0 Å². The number of morpholine rings is 1. The van der Waals surface area contributed by atoms with E-state index in [4.69, 9.17) is 4.74 Å². The zero-order valence-corrected chi connectivity index (χ0v) is 13.8. The van der Waals surface area contributed by atoms with E-state index in [1.807, 2.05) is 6.20 Å². The van der Waals surface area contributed by atoms with Crippen LogP contribution in [0.25, 0.3) is 11.1 Å². The van der Waals surface area contributed by atoms with Gasteiger partial charge in [-0.25, -0.2) is 0 Å². The maximum absolute atomic E-state index is 5.96. The molecule has 0 spiro atoms. The number of aromatic nitrogens is 2. The van der Waals surface area contributed by atoms with Crippen molar-refractivity contribution in [3.63, 3.8) is 0 Å². The molecule has 122 valence electrons. The smallest absolute Gasteiger partial charge is 0.0933 e. The second-order valence-electron chi connectivity index (χ2n) is 6.85. The van der Waals surface area contributed by atoms with Crippen molar-refractivity contribution in [3.05, 3.63) is 42.2 Å². The van der Waals surface area contributed by atoms with E-state index in [1.54, 1.807) is 0 Å². The monoisotopic (exact) mass is 311 g/mol. The van der Waals surface area contributed by atoms with Crippen LogP contribution in [0.15, 0.2) is 36.7 Å². The fourth-order valence-electron chi connectivity index (χ4n) is 3.87. The Morgan fingerprint density at radius 1 is 1.13 bits per heavy atom. The van der Waals surface area contributed by atoms with E-state index in [2.05, 4.69) is 52.1 Å². The summed E-state index contributed by atoms with van der Waals surface area (Å²) in [6.45, 7) is 4.86. The van der Waals surface area contributed by atoms with E-state index in [-0.39, 0.29) is 0 Å². The van der Waals surface area contributed by atoms with Crippen molar-refractivity contribution in [1.29, 1.82) is 0 Å². The van der Waals surface area contributed by atoms with Gasteiger partial charge in [-0.3, -0.25) is 9.58 Å². The molecule has 1 aromatic heterocycles. The molecule has 0 radical (unpaired) electrons. The largest absolute Gasteiger partial charge is 0.375 e. The molecule has 1 aromatic carbocycles. The fourth-order valence-corrected chi connectivity index (χ4v) is 3.87. The van der Waals surface area contributed by atoms with Gasteiger partial charge in [0.1, 0.15) is 0 Å². The molecule has 1 aliphatic carbocycles. The average Bonchev–Trinajstić information content (AvgIpc) is 3.04. The Balaban J connectivity index is 1.47. The van der Waals surface area contributed by atoms with Crippen LogP contribution >= 0.6 is 0 Å². The van der Waals surface area contributed by atoms with Gasteiger partial charge < -0.3 is 4.74 Å². The van der Waals surface area contributed by atoms with E-state index >= 15 is 0 Å². The van der Waals surface area contributed by atoms with Crippen LogP contribution in [0.3, 0.4) is 0 Å². The fraction of sp³-hybridized carbons (Fsp3) is 0.526. The summed E-state index contributed by atoms with van der Waals surface area (Å²) in [5.74, 6) is 0. The van der Waals surface area contributed by atoms with Gasteiger partial charge in [-0.15, -0.1) is 0 Å². The minimum atomic E-state index is 0.435. The van der Waals surface area contributed by atoms with Gasteiger partial charge in [-0.1, -0.05) is 42.7 Å². The van der Waals surface area contributed by atoms with Gasteiger partial charge >= 0.3 is 0 Å². The summed E-state index contributed by atoms with van der Waals surface area (Å²) < 4.78 is 8.04. The van der Waals surface area contributed by atoms with Crippen molar-refractivity contribution in [2.45, 2.75) is 51.4 Å². The molecule has 4 nitrogen and oxygen atoms in total. The molecular weight excluding hydrogens is 286 g/mol. The normalized spacial score (nSPS) is 25.3. The molecule has 2 atom stereocenters. The van der Waals surface area contributed by atoms with E-state index in [0.717, 1.165) is 19.8 Å². The lowest BCUT2D eigenvalue weighted by Crippen LogP contribution is -2.52. The quantitative estimate of drug-likeness (QED) is 0.869. The zero-order valence-electron chi connectivity index (χ0n) is 13.8. The third kappa shape index (κ3) is 3.19. The first-order valence-corrected chi connectivity index (χ1v) is 8.75. The van der Waals surface area contributed by atoms with E-state index < -0.39 is 0 Å². The molecule has 0 bridgehead atoms.